The molecule has 4 nitrogen and oxygen atoms in total. The Balaban J connectivity index is 1.73. The van der Waals surface area contributed by atoms with Gasteiger partial charge in [0.1, 0.15) is 0 Å². The van der Waals surface area contributed by atoms with Gasteiger partial charge in [-0.1, -0.05) is 42.1 Å². The summed E-state index contributed by atoms with van der Waals surface area (Å²) in [6.45, 7) is 0. The second-order valence-corrected chi connectivity index (χ2v) is 8.33. The van der Waals surface area contributed by atoms with E-state index in [-0.39, 0.29) is 11.8 Å². The molecule has 0 N–H and O–H groups in total. The quantitative estimate of drug-likeness (QED) is 0.740. The number of benzene rings is 2. The van der Waals surface area contributed by atoms with Gasteiger partial charge in [-0.15, -0.1) is 0 Å². The summed E-state index contributed by atoms with van der Waals surface area (Å²) in [4.78, 5) is 4.96. The first-order chi connectivity index (χ1) is 10.6. The van der Waals surface area contributed by atoms with Crippen LogP contribution in [-0.2, 0) is 9.84 Å². The number of imidazole rings is 1. The van der Waals surface area contributed by atoms with Crippen molar-refractivity contribution in [1.29, 1.82) is 0 Å². The summed E-state index contributed by atoms with van der Waals surface area (Å²) in [6.07, 6.45) is 0. The number of hydrogen-bond donors (Lipinski definition) is 0. The van der Waals surface area contributed by atoms with Gasteiger partial charge < -0.3 is 4.57 Å². The molecule has 112 valence electrons. The Labute approximate surface area is 133 Å². The van der Waals surface area contributed by atoms with E-state index in [9.17, 15) is 8.42 Å². The SMILES string of the molecule is O=S(=O)(CC1CSc2nc3ccccc3n21)c1ccccc1. The summed E-state index contributed by atoms with van der Waals surface area (Å²) in [6, 6.07) is 16.5. The van der Waals surface area contributed by atoms with Gasteiger partial charge in [0, 0.05) is 5.75 Å². The van der Waals surface area contributed by atoms with Gasteiger partial charge in [0.25, 0.3) is 0 Å². The molecule has 2 aromatic carbocycles. The van der Waals surface area contributed by atoms with E-state index in [1.54, 1.807) is 36.0 Å². The van der Waals surface area contributed by atoms with Crippen LogP contribution in [-0.4, -0.2) is 29.5 Å². The molecule has 4 rings (SSSR count). The number of hydrogen-bond acceptors (Lipinski definition) is 4. The van der Waals surface area contributed by atoms with Crippen molar-refractivity contribution >= 4 is 32.6 Å². The topological polar surface area (TPSA) is 52.0 Å². The third kappa shape index (κ3) is 2.23. The zero-order valence-electron chi connectivity index (χ0n) is 11.7. The first kappa shape index (κ1) is 13.8. The molecule has 1 aliphatic rings. The van der Waals surface area contributed by atoms with E-state index in [1.165, 1.54) is 0 Å². The van der Waals surface area contributed by atoms with Gasteiger partial charge in [0.2, 0.25) is 0 Å². The van der Waals surface area contributed by atoms with Crippen LogP contribution in [0.3, 0.4) is 0 Å². The van der Waals surface area contributed by atoms with Crippen LogP contribution in [0.2, 0.25) is 0 Å². The first-order valence-electron chi connectivity index (χ1n) is 7.03. The fourth-order valence-electron chi connectivity index (χ4n) is 2.82. The van der Waals surface area contributed by atoms with Crippen molar-refractivity contribution in [3.05, 3.63) is 54.6 Å². The van der Waals surface area contributed by atoms with E-state index in [4.69, 9.17) is 0 Å². The van der Waals surface area contributed by atoms with Crippen molar-refractivity contribution in [2.75, 3.05) is 11.5 Å². The lowest BCUT2D eigenvalue weighted by molar-refractivity contribution is 0.559. The highest BCUT2D eigenvalue weighted by molar-refractivity contribution is 7.99. The average Bonchev–Trinajstić information content (AvgIpc) is 3.08. The van der Waals surface area contributed by atoms with Gasteiger partial charge in [0.05, 0.1) is 27.7 Å². The van der Waals surface area contributed by atoms with Crippen molar-refractivity contribution in [3.63, 3.8) is 0 Å². The summed E-state index contributed by atoms with van der Waals surface area (Å²) in [5.41, 5.74) is 1.93. The van der Waals surface area contributed by atoms with Crippen molar-refractivity contribution < 1.29 is 8.42 Å². The predicted molar refractivity (Wildman–Crippen MR) is 88.0 cm³/mol. The van der Waals surface area contributed by atoms with Gasteiger partial charge in [-0.3, -0.25) is 0 Å². The van der Waals surface area contributed by atoms with Gasteiger partial charge >= 0.3 is 0 Å². The minimum Gasteiger partial charge on any atom is -0.314 e. The molecule has 0 saturated carbocycles. The Morgan fingerprint density at radius 2 is 1.82 bits per heavy atom. The van der Waals surface area contributed by atoms with Crippen molar-refractivity contribution in [1.82, 2.24) is 9.55 Å². The maximum absolute atomic E-state index is 12.6. The molecule has 0 saturated heterocycles. The lowest BCUT2D eigenvalue weighted by Gasteiger charge is -2.14. The van der Waals surface area contributed by atoms with Crippen LogP contribution in [0.1, 0.15) is 6.04 Å². The summed E-state index contributed by atoms with van der Waals surface area (Å²) in [5.74, 6) is 0.858. The van der Waals surface area contributed by atoms with Gasteiger partial charge in [-0.2, -0.15) is 0 Å². The standard InChI is InChI=1S/C16H14N2O2S2/c19-22(20,13-6-2-1-3-7-13)11-12-10-21-16-17-14-8-4-5-9-15(14)18(12)16/h1-9,12H,10-11H2. The lowest BCUT2D eigenvalue weighted by atomic mass is 10.3. The number of aromatic nitrogens is 2. The summed E-state index contributed by atoms with van der Waals surface area (Å²) in [5, 5.41) is 0.912. The maximum atomic E-state index is 12.6. The number of rotatable bonds is 3. The molecule has 22 heavy (non-hydrogen) atoms. The van der Waals surface area contributed by atoms with Crippen LogP contribution in [0.15, 0.2) is 64.6 Å². The molecule has 0 aliphatic carbocycles. The minimum atomic E-state index is -3.29. The van der Waals surface area contributed by atoms with E-state index >= 15 is 0 Å². The summed E-state index contributed by atoms with van der Waals surface area (Å²) >= 11 is 1.63. The fraction of sp³-hybridized carbons (Fsp3) is 0.188. The van der Waals surface area contributed by atoms with E-state index in [1.807, 2.05) is 30.3 Å². The molecular weight excluding hydrogens is 316 g/mol. The zero-order chi connectivity index (χ0) is 15.2. The predicted octanol–water partition coefficient (Wildman–Crippen LogP) is 3.16. The van der Waals surface area contributed by atoms with E-state index in [0.29, 0.717) is 4.90 Å². The first-order valence-corrected chi connectivity index (χ1v) is 9.66. The smallest absolute Gasteiger partial charge is 0.180 e. The highest BCUT2D eigenvalue weighted by Crippen LogP contribution is 2.37. The third-order valence-electron chi connectivity index (χ3n) is 3.85. The fourth-order valence-corrected chi connectivity index (χ4v) is 5.67. The van der Waals surface area contributed by atoms with Crippen LogP contribution < -0.4 is 0 Å². The lowest BCUT2D eigenvalue weighted by Crippen LogP contribution is -2.19. The third-order valence-corrected chi connectivity index (χ3v) is 6.76. The monoisotopic (exact) mass is 330 g/mol. The summed E-state index contributed by atoms with van der Waals surface area (Å²) < 4.78 is 27.3. The van der Waals surface area contributed by atoms with Crippen LogP contribution in [0.4, 0.5) is 0 Å². The molecule has 6 heteroatoms. The molecule has 0 spiro atoms. The Morgan fingerprint density at radius 3 is 2.64 bits per heavy atom. The molecule has 1 aromatic heterocycles. The van der Waals surface area contributed by atoms with Crippen LogP contribution >= 0.6 is 11.8 Å². The largest absolute Gasteiger partial charge is 0.314 e. The Bertz CT molecular complexity index is 933. The van der Waals surface area contributed by atoms with Gasteiger partial charge in [0.15, 0.2) is 15.0 Å². The van der Waals surface area contributed by atoms with Crippen LogP contribution in [0, 0.1) is 0 Å². The van der Waals surface area contributed by atoms with Crippen LogP contribution in [0.25, 0.3) is 11.0 Å². The highest BCUT2D eigenvalue weighted by Gasteiger charge is 2.31. The van der Waals surface area contributed by atoms with Crippen LogP contribution in [0.5, 0.6) is 0 Å². The number of sulfone groups is 1. The second-order valence-electron chi connectivity index (χ2n) is 5.31. The van der Waals surface area contributed by atoms with E-state index < -0.39 is 9.84 Å². The molecule has 1 atom stereocenters. The molecule has 0 radical (unpaired) electrons. The molecule has 1 aliphatic heterocycles. The highest BCUT2D eigenvalue weighted by atomic mass is 32.2. The maximum Gasteiger partial charge on any atom is 0.180 e. The minimum absolute atomic E-state index is 0.0717. The molecule has 0 amide bonds. The van der Waals surface area contributed by atoms with Gasteiger partial charge in [-0.05, 0) is 24.3 Å². The molecule has 2 heterocycles. The number of para-hydroxylation sites is 2. The molecule has 0 fully saturated rings. The van der Waals surface area contributed by atoms with E-state index in [2.05, 4.69) is 9.55 Å². The van der Waals surface area contributed by atoms with Crippen molar-refractivity contribution in [2.24, 2.45) is 0 Å². The molecule has 3 aromatic rings. The second kappa shape index (κ2) is 5.14. The van der Waals surface area contributed by atoms with E-state index in [0.717, 1.165) is 21.9 Å². The molecule has 0 bridgehead atoms. The molecular formula is C16H14N2O2S2. The van der Waals surface area contributed by atoms with Crippen molar-refractivity contribution in [3.8, 4) is 0 Å². The Morgan fingerprint density at radius 1 is 1.09 bits per heavy atom. The summed E-state index contributed by atoms with van der Waals surface area (Å²) in [7, 11) is -3.29. The van der Waals surface area contributed by atoms with Crippen molar-refractivity contribution in [2.45, 2.75) is 16.1 Å². The Kier molecular flexibility index (Phi) is 3.23. The molecule has 1 unspecified atom stereocenters. The van der Waals surface area contributed by atoms with Gasteiger partial charge in [-0.25, -0.2) is 13.4 Å². The average molecular weight is 330 g/mol. The normalized spacial score (nSPS) is 17.7. The number of fused-ring (bicyclic) bond motifs is 3. The number of thioether (sulfide) groups is 1. The number of nitrogens with zero attached hydrogens (tertiary/aromatic N) is 2. The Hall–Kier alpha value is -1.79. The zero-order valence-corrected chi connectivity index (χ0v) is 13.3.